The highest BCUT2D eigenvalue weighted by Crippen LogP contribution is 2.42. The molecule has 0 aliphatic carbocycles. The number of para-hydroxylation sites is 1. The summed E-state index contributed by atoms with van der Waals surface area (Å²) in [5, 5.41) is 11.4. The summed E-state index contributed by atoms with van der Waals surface area (Å²) in [5.74, 6) is 0.767. The number of fused-ring (bicyclic) bond motifs is 2. The van der Waals surface area contributed by atoms with Gasteiger partial charge in [-0.05, 0) is 18.2 Å². The van der Waals surface area contributed by atoms with Gasteiger partial charge < -0.3 is 5.32 Å². The van der Waals surface area contributed by atoms with Crippen LogP contribution in [0, 0.1) is 0 Å². The molecule has 74 valence electrons. The van der Waals surface area contributed by atoms with Crippen LogP contribution >= 0.6 is 23.4 Å². The van der Waals surface area contributed by atoms with E-state index in [9.17, 15) is 0 Å². The molecule has 0 fully saturated rings. The Labute approximate surface area is 95.9 Å². The Morgan fingerprint density at radius 1 is 1.13 bits per heavy atom. The molecule has 0 saturated carbocycles. The average molecular weight is 236 g/mol. The first-order chi connectivity index (χ1) is 7.33. The summed E-state index contributed by atoms with van der Waals surface area (Å²) in [5.41, 5.74) is 1.06. The van der Waals surface area contributed by atoms with Crippen LogP contribution < -0.4 is 5.32 Å². The standard InChI is InChI=1S/C10H6ClN3S/c11-9-5-8-10(14-13-9)12-6-3-1-2-4-7(6)15-8/h1-5H,(H,12,14). The highest BCUT2D eigenvalue weighted by atomic mass is 35.5. The number of anilines is 2. The first kappa shape index (κ1) is 9.00. The Balaban J connectivity index is 2.11. The van der Waals surface area contributed by atoms with E-state index in [0.717, 1.165) is 16.4 Å². The van der Waals surface area contributed by atoms with E-state index in [1.807, 2.05) is 24.3 Å². The van der Waals surface area contributed by atoms with Crippen molar-refractivity contribution < 1.29 is 0 Å². The minimum Gasteiger partial charge on any atom is -0.337 e. The van der Waals surface area contributed by atoms with Gasteiger partial charge in [-0.25, -0.2) is 0 Å². The van der Waals surface area contributed by atoms with Crippen molar-refractivity contribution in [1.82, 2.24) is 10.2 Å². The van der Waals surface area contributed by atoms with Crippen molar-refractivity contribution in [1.29, 1.82) is 0 Å². The van der Waals surface area contributed by atoms with Gasteiger partial charge >= 0.3 is 0 Å². The highest BCUT2D eigenvalue weighted by Gasteiger charge is 2.16. The fraction of sp³-hybridized carbons (Fsp3) is 0. The van der Waals surface area contributed by atoms with Gasteiger partial charge in [0.15, 0.2) is 11.0 Å². The third-order valence-electron chi connectivity index (χ3n) is 2.09. The molecule has 1 aromatic carbocycles. The van der Waals surface area contributed by atoms with E-state index in [0.29, 0.717) is 5.15 Å². The average Bonchev–Trinajstić information content (AvgIpc) is 2.26. The molecule has 0 spiro atoms. The van der Waals surface area contributed by atoms with E-state index >= 15 is 0 Å². The Bertz CT molecular complexity index is 530. The molecular formula is C10H6ClN3S. The predicted octanol–water partition coefficient (Wildman–Crippen LogP) is 3.34. The monoisotopic (exact) mass is 235 g/mol. The van der Waals surface area contributed by atoms with Crippen LogP contribution in [0.2, 0.25) is 5.15 Å². The topological polar surface area (TPSA) is 37.8 Å². The second-order valence-electron chi connectivity index (χ2n) is 3.10. The molecule has 0 saturated heterocycles. The summed E-state index contributed by atoms with van der Waals surface area (Å²) in [6.07, 6.45) is 0. The Kier molecular flexibility index (Phi) is 2.04. The lowest BCUT2D eigenvalue weighted by molar-refractivity contribution is 0.998. The molecule has 1 aliphatic heterocycles. The van der Waals surface area contributed by atoms with Crippen LogP contribution in [-0.2, 0) is 0 Å². The van der Waals surface area contributed by atoms with Gasteiger partial charge in [0.2, 0.25) is 0 Å². The maximum Gasteiger partial charge on any atom is 0.167 e. The van der Waals surface area contributed by atoms with Crippen LogP contribution in [0.3, 0.4) is 0 Å². The second-order valence-corrected chi connectivity index (χ2v) is 4.57. The highest BCUT2D eigenvalue weighted by molar-refractivity contribution is 7.99. The quantitative estimate of drug-likeness (QED) is 0.649. The number of rotatable bonds is 0. The molecule has 1 N–H and O–H groups in total. The van der Waals surface area contributed by atoms with E-state index in [-0.39, 0.29) is 0 Å². The Morgan fingerprint density at radius 2 is 2.00 bits per heavy atom. The number of hydrogen-bond donors (Lipinski definition) is 1. The first-order valence-electron chi connectivity index (χ1n) is 4.40. The van der Waals surface area contributed by atoms with Crippen LogP contribution in [0.4, 0.5) is 11.5 Å². The van der Waals surface area contributed by atoms with Gasteiger partial charge in [0.05, 0.1) is 10.6 Å². The van der Waals surface area contributed by atoms with Crippen LogP contribution in [0.5, 0.6) is 0 Å². The lowest BCUT2D eigenvalue weighted by Gasteiger charge is -2.18. The van der Waals surface area contributed by atoms with Crippen LogP contribution in [0.1, 0.15) is 0 Å². The zero-order valence-corrected chi connectivity index (χ0v) is 9.14. The molecule has 1 aromatic heterocycles. The zero-order chi connectivity index (χ0) is 10.3. The van der Waals surface area contributed by atoms with Gasteiger partial charge in [0.25, 0.3) is 0 Å². The fourth-order valence-electron chi connectivity index (χ4n) is 1.42. The first-order valence-corrected chi connectivity index (χ1v) is 5.59. The molecule has 0 unspecified atom stereocenters. The van der Waals surface area contributed by atoms with E-state index in [2.05, 4.69) is 21.6 Å². The molecule has 1 aliphatic rings. The maximum absolute atomic E-state index is 5.79. The second kappa shape index (κ2) is 3.40. The summed E-state index contributed by atoms with van der Waals surface area (Å²) in [4.78, 5) is 2.18. The molecule has 3 nitrogen and oxygen atoms in total. The number of hydrogen-bond acceptors (Lipinski definition) is 4. The van der Waals surface area contributed by atoms with Crippen molar-refractivity contribution in [2.75, 3.05) is 5.32 Å². The molecule has 0 atom stereocenters. The lowest BCUT2D eigenvalue weighted by atomic mass is 10.3. The van der Waals surface area contributed by atoms with Gasteiger partial charge in [0.1, 0.15) is 0 Å². The van der Waals surface area contributed by atoms with E-state index in [1.54, 1.807) is 11.8 Å². The van der Waals surface area contributed by atoms with Crippen molar-refractivity contribution in [3.8, 4) is 0 Å². The summed E-state index contributed by atoms with van der Waals surface area (Å²) in [6, 6.07) is 9.89. The zero-order valence-electron chi connectivity index (χ0n) is 7.57. The van der Waals surface area contributed by atoms with Crippen molar-refractivity contribution in [2.45, 2.75) is 9.79 Å². The van der Waals surface area contributed by atoms with Crippen LogP contribution in [0.25, 0.3) is 0 Å². The summed E-state index contributed by atoms with van der Waals surface area (Å²) < 4.78 is 0. The third-order valence-corrected chi connectivity index (χ3v) is 3.38. The molecule has 0 radical (unpaired) electrons. The minimum atomic E-state index is 0.419. The summed E-state index contributed by atoms with van der Waals surface area (Å²) in [7, 11) is 0. The van der Waals surface area contributed by atoms with E-state index in [4.69, 9.17) is 11.6 Å². The number of aromatic nitrogens is 2. The number of halogens is 1. The Morgan fingerprint density at radius 3 is 2.93 bits per heavy atom. The normalized spacial score (nSPS) is 12.6. The van der Waals surface area contributed by atoms with Crippen molar-refractivity contribution >= 4 is 34.9 Å². The van der Waals surface area contributed by atoms with Crippen molar-refractivity contribution in [3.05, 3.63) is 35.5 Å². The van der Waals surface area contributed by atoms with Gasteiger partial charge in [-0.2, -0.15) is 0 Å². The molecule has 15 heavy (non-hydrogen) atoms. The van der Waals surface area contributed by atoms with Crippen LogP contribution in [0.15, 0.2) is 40.1 Å². The summed E-state index contributed by atoms with van der Waals surface area (Å²) in [6.45, 7) is 0. The van der Waals surface area contributed by atoms with E-state index in [1.165, 1.54) is 4.90 Å². The lowest BCUT2D eigenvalue weighted by Crippen LogP contribution is -2.02. The molecule has 5 heteroatoms. The Hall–Kier alpha value is -1.26. The predicted molar refractivity (Wildman–Crippen MR) is 60.9 cm³/mol. The van der Waals surface area contributed by atoms with E-state index < -0.39 is 0 Å². The number of benzene rings is 1. The maximum atomic E-state index is 5.79. The van der Waals surface area contributed by atoms with Crippen molar-refractivity contribution in [3.63, 3.8) is 0 Å². The minimum absolute atomic E-state index is 0.419. The smallest absolute Gasteiger partial charge is 0.167 e. The van der Waals surface area contributed by atoms with Gasteiger partial charge in [-0.1, -0.05) is 35.5 Å². The van der Waals surface area contributed by atoms with Crippen molar-refractivity contribution in [2.24, 2.45) is 0 Å². The number of nitrogens with zero attached hydrogens (tertiary/aromatic N) is 2. The molecular weight excluding hydrogens is 230 g/mol. The molecule has 2 heterocycles. The molecule has 2 aromatic rings. The van der Waals surface area contributed by atoms with Gasteiger partial charge in [0, 0.05) is 4.90 Å². The van der Waals surface area contributed by atoms with Gasteiger partial charge in [-0.15, -0.1) is 10.2 Å². The molecule has 0 amide bonds. The fourth-order valence-corrected chi connectivity index (χ4v) is 2.61. The molecule has 0 bridgehead atoms. The SMILES string of the molecule is Clc1cc2c(nn1)Nc1ccccc1S2. The third kappa shape index (κ3) is 1.56. The largest absolute Gasteiger partial charge is 0.337 e. The van der Waals surface area contributed by atoms with Gasteiger partial charge in [-0.3, -0.25) is 0 Å². The van der Waals surface area contributed by atoms with Crippen LogP contribution in [-0.4, -0.2) is 10.2 Å². The number of nitrogens with one attached hydrogen (secondary N) is 1. The summed E-state index contributed by atoms with van der Waals surface area (Å²) >= 11 is 7.44. The molecule has 3 rings (SSSR count).